The first-order chi connectivity index (χ1) is 11.2. The molecular weight excluding hydrogens is 353 g/mol. The van der Waals surface area contributed by atoms with E-state index in [1.54, 1.807) is 17.0 Å². The van der Waals surface area contributed by atoms with Gasteiger partial charge in [-0.15, -0.1) is 0 Å². The predicted molar refractivity (Wildman–Crippen MR) is 92.3 cm³/mol. The third kappa shape index (κ3) is 4.41. The lowest BCUT2D eigenvalue weighted by Crippen LogP contribution is -2.49. The summed E-state index contributed by atoms with van der Waals surface area (Å²) in [5.41, 5.74) is -0.455. The molecule has 0 aliphatic carbocycles. The Balaban J connectivity index is 1.83. The lowest BCUT2D eigenvalue weighted by Gasteiger charge is -2.35. The van der Waals surface area contributed by atoms with Crippen LogP contribution in [0.15, 0.2) is 18.2 Å². The van der Waals surface area contributed by atoms with Crippen molar-refractivity contribution in [1.82, 2.24) is 4.90 Å². The number of aliphatic carboxylic acids is 1. The van der Waals surface area contributed by atoms with Crippen molar-refractivity contribution in [3.63, 3.8) is 0 Å². The zero-order valence-corrected chi connectivity index (χ0v) is 15.2. The molecule has 1 aromatic rings. The van der Waals surface area contributed by atoms with E-state index in [2.05, 4.69) is 0 Å². The van der Waals surface area contributed by atoms with Crippen molar-refractivity contribution in [2.24, 2.45) is 5.41 Å². The molecule has 0 atom stereocenters. The van der Waals surface area contributed by atoms with Crippen molar-refractivity contribution in [2.75, 3.05) is 13.1 Å². The van der Waals surface area contributed by atoms with Crippen molar-refractivity contribution in [1.29, 1.82) is 0 Å². The summed E-state index contributed by atoms with van der Waals surface area (Å²) in [6, 6.07) is 5.37. The first-order valence-corrected chi connectivity index (χ1v) is 8.55. The summed E-state index contributed by atoms with van der Waals surface area (Å²) in [4.78, 5) is 25.1. The summed E-state index contributed by atoms with van der Waals surface area (Å²) >= 11 is 11.9. The summed E-state index contributed by atoms with van der Waals surface area (Å²) in [5.74, 6) is -1.46. The van der Waals surface area contributed by atoms with E-state index in [9.17, 15) is 9.59 Å². The third-order valence-corrected chi connectivity index (χ3v) is 5.01. The fourth-order valence-corrected chi connectivity index (χ4v) is 2.88. The number of carbonyl (C=O) groups is 2. The molecule has 1 N–H and O–H groups in total. The van der Waals surface area contributed by atoms with Crippen LogP contribution in [0.2, 0.25) is 10.0 Å². The van der Waals surface area contributed by atoms with Crippen LogP contribution in [-0.4, -0.2) is 41.1 Å². The Morgan fingerprint density at radius 2 is 1.88 bits per heavy atom. The topological polar surface area (TPSA) is 66.8 Å². The molecule has 1 amide bonds. The Labute approximate surface area is 151 Å². The Hall–Kier alpha value is -1.30. The Morgan fingerprint density at radius 3 is 2.42 bits per heavy atom. The van der Waals surface area contributed by atoms with Gasteiger partial charge >= 0.3 is 5.97 Å². The molecule has 0 saturated carbocycles. The average molecular weight is 374 g/mol. The molecule has 2 rings (SSSR count). The monoisotopic (exact) mass is 373 g/mol. The van der Waals surface area contributed by atoms with E-state index in [0.717, 1.165) is 5.56 Å². The van der Waals surface area contributed by atoms with E-state index in [-0.39, 0.29) is 12.0 Å². The SMILES string of the molecule is CC(C)(C(=O)O)C(=O)N1CCC(OCc2ccc(Cl)c(Cl)c2)CC1. The smallest absolute Gasteiger partial charge is 0.318 e. The molecule has 1 aromatic carbocycles. The molecule has 1 heterocycles. The van der Waals surface area contributed by atoms with Gasteiger partial charge in [-0.2, -0.15) is 0 Å². The number of hydrogen-bond acceptors (Lipinski definition) is 3. The van der Waals surface area contributed by atoms with Crippen LogP contribution < -0.4 is 0 Å². The predicted octanol–water partition coefficient (Wildman–Crippen LogP) is 3.61. The number of carboxylic acids is 1. The first kappa shape index (κ1) is 19.0. The van der Waals surface area contributed by atoms with Crippen molar-refractivity contribution in [2.45, 2.75) is 39.4 Å². The molecule has 5 nitrogen and oxygen atoms in total. The van der Waals surface area contributed by atoms with Gasteiger partial charge in [0.15, 0.2) is 0 Å². The minimum atomic E-state index is -1.40. The number of ether oxygens (including phenoxy) is 1. The fourth-order valence-electron chi connectivity index (χ4n) is 2.56. The molecule has 0 unspecified atom stereocenters. The second-order valence-corrected chi connectivity index (χ2v) is 7.30. The van der Waals surface area contributed by atoms with E-state index in [1.165, 1.54) is 13.8 Å². The number of benzene rings is 1. The number of nitrogens with zero attached hydrogens (tertiary/aromatic N) is 1. The van der Waals surface area contributed by atoms with Crippen LogP contribution in [0.5, 0.6) is 0 Å². The molecular formula is C17H21Cl2NO4. The standard InChI is InChI=1S/C17H21Cl2NO4/c1-17(2,16(22)23)15(21)20-7-5-12(6-8-20)24-10-11-3-4-13(18)14(19)9-11/h3-4,9,12H,5-8,10H2,1-2H3,(H,22,23). The molecule has 0 bridgehead atoms. The van der Waals surface area contributed by atoms with E-state index < -0.39 is 11.4 Å². The lowest BCUT2D eigenvalue weighted by molar-refractivity contribution is -0.159. The van der Waals surface area contributed by atoms with Gasteiger partial charge in [-0.25, -0.2) is 0 Å². The van der Waals surface area contributed by atoms with Crippen LogP contribution in [-0.2, 0) is 20.9 Å². The number of hydrogen-bond donors (Lipinski definition) is 1. The highest BCUT2D eigenvalue weighted by Gasteiger charge is 2.40. The molecule has 7 heteroatoms. The minimum Gasteiger partial charge on any atom is -0.480 e. The van der Waals surface area contributed by atoms with Gasteiger partial charge in [-0.05, 0) is 44.4 Å². The largest absolute Gasteiger partial charge is 0.480 e. The van der Waals surface area contributed by atoms with Crippen LogP contribution in [0.3, 0.4) is 0 Å². The zero-order valence-electron chi connectivity index (χ0n) is 13.7. The van der Waals surface area contributed by atoms with Gasteiger partial charge in [0.2, 0.25) is 5.91 Å². The highest BCUT2D eigenvalue weighted by molar-refractivity contribution is 6.42. The zero-order chi connectivity index (χ0) is 17.9. The number of piperidine rings is 1. The second-order valence-electron chi connectivity index (χ2n) is 6.48. The van der Waals surface area contributed by atoms with E-state index >= 15 is 0 Å². The van der Waals surface area contributed by atoms with Crippen molar-refractivity contribution < 1.29 is 19.4 Å². The number of rotatable bonds is 5. The first-order valence-electron chi connectivity index (χ1n) is 7.80. The maximum absolute atomic E-state index is 12.3. The minimum absolute atomic E-state index is 0.0384. The second kappa shape index (κ2) is 7.72. The van der Waals surface area contributed by atoms with Crippen LogP contribution in [0.25, 0.3) is 0 Å². The summed E-state index contributed by atoms with van der Waals surface area (Å²) in [5, 5.41) is 10.2. The summed E-state index contributed by atoms with van der Waals surface area (Å²) < 4.78 is 5.87. The highest BCUT2D eigenvalue weighted by atomic mass is 35.5. The number of amides is 1. The molecule has 1 fully saturated rings. The number of halogens is 2. The van der Waals surface area contributed by atoms with Gasteiger partial charge in [0.1, 0.15) is 5.41 Å². The van der Waals surface area contributed by atoms with Crippen LogP contribution in [0, 0.1) is 5.41 Å². The molecule has 0 radical (unpaired) electrons. The molecule has 0 spiro atoms. The molecule has 0 aromatic heterocycles. The van der Waals surface area contributed by atoms with Crippen LogP contribution in [0.4, 0.5) is 0 Å². The van der Waals surface area contributed by atoms with Gasteiger partial charge in [0, 0.05) is 13.1 Å². The van der Waals surface area contributed by atoms with Crippen molar-refractivity contribution in [3.05, 3.63) is 33.8 Å². The normalized spacial score (nSPS) is 16.2. The quantitative estimate of drug-likeness (QED) is 0.800. The number of likely N-dealkylation sites (tertiary alicyclic amines) is 1. The van der Waals surface area contributed by atoms with Gasteiger partial charge < -0.3 is 14.7 Å². The molecule has 1 aliphatic heterocycles. The Morgan fingerprint density at radius 1 is 1.25 bits per heavy atom. The molecule has 24 heavy (non-hydrogen) atoms. The van der Waals surface area contributed by atoms with Crippen LogP contribution >= 0.6 is 23.2 Å². The fraction of sp³-hybridized carbons (Fsp3) is 0.529. The highest BCUT2D eigenvalue weighted by Crippen LogP contribution is 2.25. The van der Waals surface area contributed by atoms with Gasteiger partial charge in [-0.3, -0.25) is 9.59 Å². The molecule has 1 saturated heterocycles. The number of carbonyl (C=O) groups excluding carboxylic acids is 1. The Kier molecular flexibility index (Phi) is 6.12. The van der Waals surface area contributed by atoms with E-state index in [4.69, 9.17) is 33.0 Å². The summed E-state index contributed by atoms with van der Waals surface area (Å²) in [7, 11) is 0. The average Bonchev–Trinajstić information content (AvgIpc) is 2.55. The van der Waals surface area contributed by atoms with E-state index in [1.807, 2.05) is 6.07 Å². The van der Waals surface area contributed by atoms with Crippen molar-refractivity contribution in [3.8, 4) is 0 Å². The molecule has 132 valence electrons. The van der Waals surface area contributed by atoms with Gasteiger partial charge in [0.05, 0.1) is 22.8 Å². The third-order valence-electron chi connectivity index (χ3n) is 4.27. The number of carboxylic acid groups (broad SMARTS) is 1. The maximum atomic E-state index is 12.3. The summed E-state index contributed by atoms with van der Waals surface area (Å²) in [6.45, 7) is 4.30. The van der Waals surface area contributed by atoms with Gasteiger partial charge in [-0.1, -0.05) is 29.3 Å². The lowest BCUT2D eigenvalue weighted by atomic mass is 9.90. The van der Waals surface area contributed by atoms with Crippen LogP contribution in [0.1, 0.15) is 32.3 Å². The van der Waals surface area contributed by atoms with Crippen molar-refractivity contribution >= 4 is 35.1 Å². The maximum Gasteiger partial charge on any atom is 0.318 e. The summed E-state index contributed by atoms with van der Waals surface area (Å²) in [6.07, 6.45) is 1.40. The molecule has 1 aliphatic rings. The Bertz CT molecular complexity index is 625. The van der Waals surface area contributed by atoms with E-state index in [0.29, 0.717) is 42.6 Å². The van der Waals surface area contributed by atoms with Gasteiger partial charge in [0.25, 0.3) is 0 Å².